The summed E-state index contributed by atoms with van der Waals surface area (Å²) in [6, 6.07) is 16.6. The number of aromatic hydroxyl groups is 1. The van der Waals surface area contributed by atoms with Crippen LogP contribution < -0.4 is 5.32 Å². The highest BCUT2D eigenvalue weighted by Crippen LogP contribution is 2.28. The Hall–Kier alpha value is -1.51. The van der Waals surface area contributed by atoms with Gasteiger partial charge in [0.15, 0.2) is 0 Å². The predicted molar refractivity (Wildman–Crippen MR) is 79.9 cm³/mol. The van der Waals surface area contributed by atoms with Gasteiger partial charge >= 0.3 is 0 Å². The SMILES string of the molecule is Cl.Oc1ccc2c(c1)CCNC2Cc1ccccc1. The highest BCUT2D eigenvalue weighted by molar-refractivity contribution is 5.85. The van der Waals surface area contributed by atoms with Crippen LogP contribution in [0.25, 0.3) is 0 Å². The van der Waals surface area contributed by atoms with E-state index in [0.29, 0.717) is 11.8 Å². The average Bonchev–Trinajstić information content (AvgIpc) is 2.40. The van der Waals surface area contributed by atoms with Crippen LogP contribution >= 0.6 is 12.4 Å². The first-order valence-corrected chi connectivity index (χ1v) is 6.42. The summed E-state index contributed by atoms with van der Waals surface area (Å²) in [6.07, 6.45) is 1.99. The molecule has 0 bridgehead atoms. The fraction of sp³-hybridized carbons (Fsp3) is 0.250. The molecule has 2 N–H and O–H groups in total. The number of hydrogen-bond donors (Lipinski definition) is 2. The molecule has 0 radical (unpaired) electrons. The Bertz CT molecular complexity index is 542. The summed E-state index contributed by atoms with van der Waals surface area (Å²) in [7, 11) is 0. The van der Waals surface area contributed by atoms with Gasteiger partial charge < -0.3 is 10.4 Å². The van der Waals surface area contributed by atoms with Crippen molar-refractivity contribution in [3.63, 3.8) is 0 Å². The van der Waals surface area contributed by atoms with Crippen molar-refractivity contribution in [2.45, 2.75) is 18.9 Å². The number of nitrogens with one attached hydrogen (secondary N) is 1. The lowest BCUT2D eigenvalue weighted by Crippen LogP contribution is -2.31. The fourth-order valence-corrected chi connectivity index (χ4v) is 2.67. The Labute approximate surface area is 119 Å². The van der Waals surface area contributed by atoms with Crippen molar-refractivity contribution in [1.29, 1.82) is 0 Å². The number of hydrogen-bond acceptors (Lipinski definition) is 2. The van der Waals surface area contributed by atoms with Crippen LogP contribution in [-0.4, -0.2) is 11.7 Å². The molecule has 0 saturated carbocycles. The molecule has 0 spiro atoms. The molecule has 0 amide bonds. The van der Waals surface area contributed by atoms with E-state index < -0.39 is 0 Å². The van der Waals surface area contributed by atoms with E-state index in [1.165, 1.54) is 16.7 Å². The van der Waals surface area contributed by atoms with Gasteiger partial charge in [0.1, 0.15) is 5.75 Å². The normalized spacial score (nSPS) is 17.4. The first kappa shape index (κ1) is 13.9. The molecule has 3 heteroatoms. The zero-order chi connectivity index (χ0) is 12.4. The second-order valence-electron chi connectivity index (χ2n) is 4.83. The number of phenolic OH excluding ortho intramolecular Hbond substituents is 1. The van der Waals surface area contributed by atoms with E-state index in [2.05, 4.69) is 29.6 Å². The summed E-state index contributed by atoms with van der Waals surface area (Å²) >= 11 is 0. The molecule has 1 unspecified atom stereocenters. The van der Waals surface area contributed by atoms with E-state index in [1.54, 1.807) is 6.07 Å². The molecule has 2 aromatic carbocycles. The van der Waals surface area contributed by atoms with Gasteiger partial charge in [0.2, 0.25) is 0 Å². The number of benzene rings is 2. The first-order chi connectivity index (χ1) is 8.83. The number of rotatable bonds is 2. The summed E-state index contributed by atoms with van der Waals surface area (Å²) in [6.45, 7) is 0.980. The molecule has 0 aromatic heterocycles. The van der Waals surface area contributed by atoms with Crippen LogP contribution in [0.2, 0.25) is 0 Å². The minimum atomic E-state index is 0. The van der Waals surface area contributed by atoms with Gasteiger partial charge in [0.25, 0.3) is 0 Å². The lowest BCUT2D eigenvalue weighted by atomic mass is 9.90. The van der Waals surface area contributed by atoms with Gasteiger partial charge in [-0.3, -0.25) is 0 Å². The molecule has 0 saturated heterocycles. The van der Waals surface area contributed by atoms with E-state index in [9.17, 15) is 5.11 Å². The standard InChI is InChI=1S/C16H17NO.ClH/c18-14-6-7-15-13(11-14)8-9-17-16(15)10-12-4-2-1-3-5-12;/h1-7,11,16-18H,8-10H2;1H. The summed E-state index contributed by atoms with van der Waals surface area (Å²) < 4.78 is 0. The highest BCUT2D eigenvalue weighted by Gasteiger charge is 2.19. The van der Waals surface area contributed by atoms with E-state index >= 15 is 0 Å². The van der Waals surface area contributed by atoms with Crippen molar-refractivity contribution in [2.24, 2.45) is 0 Å². The summed E-state index contributed by atoms with van der Waals surface area (Å²) in [5.74, 6) is 0.370. The third-order valence-corrected chi connectivity index (χ3v) is 3.57. The van der Waals surface area contributed by atoms with Crippen LogP contribution in [0.5, 0.6) is 5.75 Å². The summed E-state index contributed by atoms with van der Waals surface area (Å²) in [5, 5.41) is 13.1. The maximum Gasteiger partial charge on any atom is 0.115 e. The first-order valence-electron chi connectivity index (χ1n) is 6.42. The minimum Gasteiger partial charge on any atom is -0.508 e. The van der Waals surface area contributed by atoms with Crippen molar-refractivity contribution in [1.82, 2.24) is 5.32 Å². The summed E-state index contributed by atoms with van der Waals surface area (Å²) in [4.78, 5) is 0. The zero-order valence-corrected chi connectivity index (χ0v) is 11.5. The Balaban J connectivity index is 0.00000133. The van der Waals surface area contributed by atoms with E-state index in [4.69, 9.17) is 0 Å². The Morgan fingerprint density at radius 3 is 2.68 bits per heavy atom. The molecule has 3 rings (SSSR count). The molecule has 2 nitrogen and oxygen atoms in total. The lowest BCUT2D eigenvalue weighted by molar-refractivity contribution is 0.466. The van der Waals surface area contributed by atoms with Crippen LogP contribution in [0.1, 0.15) is 22.7 Å². The maximum atomic E-state index is 9.54. The molecular weight excluding hydrogens is 258 g/mol. The van der Waals surface area contributed by atoms with Crippen molar-refractivity contribution in [3.05, 3.63) is 65.2 Å². The molecular formula is C16H18ClNO. The molecule has 1 aliphatic rings. The second kappa shape index (κ2) is 6.09. The molecule has 1 heterocycles. The third kappa shape index (κ3) is 3.09. The van der Waals surface area contributed by atoms with Gasteiger partial charge in [-0.25, -0.2) is 0 Å². The molecule has 100 valence electrons. The van der Waals surface area contributed by atoms with Gasteiger partial charge in [-0.15, -0.1) is 12.4 Å². The van der Waals surface area contributed by atoms with E-state index in [0.717, 1.165) is 19.4 Å². The predicted octanol–water partition coefficient (Wildman–Crippen LogP) is 3.24. The largest absolute Gasteiger partial charge is 0.508 e. The highest BCUT2D eigenvalue weighted by atomic mass is 35.5. The lowest BCUT2D eigenvalue weighted by Gasteiger charge is -2.27. The van der Waals surface area contributed by atoms with Crippen molar-refractivity contribution < 1.29 is 5.11 Å². The van der Waals surface area contributed by atoms with Gasteiger partial charge in [-0.05, 0) is 48.2 Å². The summed E-state index contributed by atoms with van der Waals surface area (Å²) in [5.41, 5.74) is 3.94. The molecule has 1 atom stereocenters. The quantitative estimate of drug-likeness (QED) is 0.882. The Morgan fingerprint density at radius 1 is 1.11 bits per heavy atom. The third-order valence-electron chi connectivity index (χ3n) is 3.57. The van der Waals surface area contributed by atoms with Gasteiger partial charge in [0, 0.05) is 6.04 Å². The molecule has 19 heavy (non-hydrogen) atoms. The van der Waals surface area contributed by atoms with E-state index in [-0.39, 0.29) is 12.4 Å². The number of halogens is 1. The van der Waals surface area contributed by atoms with Crippen LogP contribution in [0.15, 0.2) is 48.5 Å². The number of fused-ring (bicyclic) bond motifs is 1. The van der Waals surface area contributed by atoms with Gasteiger partial charge in [-0.2, -0.15) is 0 Å². The molecule has 2 aromatic rings. The number of phenols is 1. The Morgan fingerprint density at radius 2 is 1.89 bits per heavy atom. The smallest absolute Gasteiger partial charge is 0.115 e. The van der Waals surface area contributed by atoms with Crippen LogP contribution in [0.4, 0.5) is 0 Å². The topological polar surface area (TPSA) is 32.3 Å². The molecule has 1 aliphatic heterocycles. The average molecular weight is 276 g/mol. The van der Waals surface area contributed by atoms with Crippen molar-refractivity contribution in [2.75, 3.05) is 6.54 Å². The minimum absolute atomic E-state index is 0. The van der Waals surface area contributed by atoms with Crippen LogP contribution in [0, 0.1) is 0 Å². The maximum absolute atomic E-state index is 9.54. The second-order valence-corrected chi connectivity index (χ2v) is 4.83. The monoisotopic (exact) mass is 275 g/mol. The fourth-order valence-electron chi connectivity index (χ4n) is 2.67. The van der Waals surface area contributed by atoms with Gasteiger partial charge in [-0.1, -0.05) is 36.4 Å². The molecule has 0 fully saturated rings. The Kier molecular flexibility index (Phi) is 4.46. The van der Waals surface area contributed by atoms with Crippen LogP contribution in [0.3, 0.4) is 0 Å². The zero-order valence-electron chi connectivity index (χ0n) is 10.7. The molecule has 0 aliphatic carbocycles. The van der Waals surface area contributed by atoms with Crippen molar-refractivity contribution in [3.8, 4) is 5.75 Å². The van der Waals surface area contributed by atoms with Crippen LogP contribution in [-0.2, 0) is 12.8 Å². The van der Waals surface area contributed by atoms with Crippen molar-refractivity contribution >= 4 is 12.4 Å². The van der Waals surface area contributed by atoms with Gasteiger partial charge in [0.05, 0.1) is 0 Å². The van der Waals surface area contributed by atoms with E-state index in [1.807, 2.05) is 18.2 Å².